The van der Waals surface area contributed by atoms with Gasteiger partial charge in [-0.2, -0.15) is 0 Å². The molecule has 0 bridgehead atoms. The molecule has 182 valence electrons. The molecular weight excluding hydrogens is 464 g/mol. The topological polar surface area (TPSA) is 0 Å². The highest BCUT2D eigenvalue weighted by Crippen LogP contribution is 2.57. The van der Waals surface area contributed by atoms with Crippen LogP contribution in [0.25, 0.3) is 11.1 Å². The van der Waals surface area contributed by atoms with Gasteiger partial charge in [-0.3, -0.25) is 0 Å². The zero-order valence-electron chi connectivity index (χ0n) is 23.0. The zero-order chi connectivity index (χ0) is 24.8. The van der Waals surface area contributed by atoms with Gasteiger partial charge in [0, 0.05) is 10.7 Å². The molecule has 0 aliphatic heterocycles. The standard InChI is InChI=1S/C32H47Br/c1-21(2)13-15-32(16-14-22(3)4)27-18-24(30(5,6)7)11-12-26(27)29-23(20-33)17-25(19-28(29)32)31(8,9)10/h11-12,17-19,21-22H,13-16,20H2,1-10H3. The molecule has 1 aliphatic rings. The van der Waals surface area contributed by atoms with Gasteiger partial charge >= 0.3 is 0 Å². The Balaban J connectivity index is 2.39. The number of hydrogen-bond donors (Lipinski definition) is 0. The predicted molar refractivity (Wildman–Crippen MR) is 151 cm³/mol. The van der Waals surface area contributed by atoms with Crippen LogP contribution in [0.15, 0.2) is 30.3 Å². The summed E-state index contributed by atoms with van der Waals surface area (Å²) in [5.41, 5.74) is 11.0. The molecule has 0 unspecified atom stereocenters. The lowest BCUT2D eigenvalue weighted by molar-refractivity contribution is 0.363. The van der Waals surface area contributed by atoms with E-state index in [0.29, 0.717) is 11.8 Å². The predicted octanol–water partition coefficient (Wildman–Crippen LogP) is 10.3. The van der Waals surface area contributed by atoms with Gasteiger partial charge in [0.15, 0.2) is 0 Å². The molecule has 2 aromatic carbocycles. The van der Waals surface area contributed by atoms with Gasteiger partial charge in [-0.1, -0.05) is 115 Å². The molecule has 33 heavy (non-hydrogen) atoms. The lowest BCUT2D eigenvalue weighted by atomic mass is 9.68. The van der Waals surface area contributed by atoms with E-state index in [1.165, 1.54) is 53.5 Å². The lowest BCUT2D eigenvalue weighted by Gasteiger charge is -2.36. The van der Waals surface area contributed by atoms with Crippen molar-refractivity contribution in [3.8, 4) is 11.1 Å². The molecule has 0 aromatic heterocycles. The Bertz CT molecular complexity index is 967. The first-order valence-electron chi connectivity index (χ1n) is 13.1. The summed E-state index contributed by atoms with van der Waals surface area (Å²) in [4.78, 5) is 0. The number of hydrogen-bond acceptors (Lipinski definition) is 0. The average molecular weight is 512 g/mol. The third-order valence-corrected chi connectivity index (χ3v) is 8.32. The van der Waals surface area contributed by atoms with E-state index < -0.39 is 0 Å². The number of benzene rings is 2. The van der Waals surface area contributed by atoms with Crippen LogP contribution in [0.2, 0.25) is 0 Å². The average Bonchev–Trinajstić information content (AvgIpc) is 2.98. The van der Waals surface area contributed by atoms with Crippen molar-refractivity contribution < 1.29 is 0 Å². The van der Waals surface area contributed by atoms with Crippen LogP contribution >= 0.6 is 15.9 Å². The molecule has 1 aliphatic carbocycles. The highest BCUT2D eigenvalue weighted by molar-refractivity contribution is 9.08. The van der Waals surface area contributed by atoms with Crippen molar-refractivity contribution in [2.45, 2.75) is 116 Å². The zero-order valence-corrected chi connectivity index (χ0v) is 24.5. The molecule has 0 N–H and O–H groups in total. The van der Waals surface area contributed by atoms with Crippen molar-refractivity contribution in [3.05, 3.63) is 58.1 Å². The fraction of sp³-hybridized carbons (Fsp3) is 0.625. The van der Waals surface area contributed by atoms with Gasteiger partial charge in [0.2, 0.25) is 0 Å². The quantitative estimate of drug-likeness (QED) is 0.324. The molecule has 3 rings (SSSR count). The maximum Gasteiger partial charge on any atom is 0.0289 e. The minimum absolute atomic E-state index is 0.110. The van der Waals surface area contributed by atoms with Gasteiger partial charge in [-0.05, 0) is 87.3 Å². The molecule has 0 spiro atoms. The van der Waals surface area contributed by atoms with Crippen LogP contribution in [0.4, 0.5) is 0 Å². The van der Waals surface area contributed by atoms with Crippen molar-refractivity contribution in [3.63, 3.8) is 0 Å². The first-order valence-corrected chi connectivity index (χ1v) is 14.2. The van der Waals surface area contributed by atoms with Gasteiger partial charge in [0.1, 0.15) is 0 Å². The molecule has 0 saturated carbocycles. The van der Waals surface area contributed by atoms with E-state index in [2.05, 4.69) is 115 Å². The summed E-state index contributed by atoms with van der Waals surface area (Å²) < 4.78 is 0. The highest BCUT2D eigenvalue weighted by atomic mass is 79.9. The monoisotopic (exact) mass is 510 g/mol. The summed E-state index contributed by atoms with van der Waals surface area (Å²) in [7, 11) is 0. The van der Waals surface area contributed by atoms with Gasteiger partial charge < -0.3 is 0 Å². The van der Waals surface area contributed by atoms with Crippen molar-refractivity contribution in [1.29, 1.82) is 0 Å². The number of rotatable bonds is 7. The van der Waals surface area contributed by atoms with Gasteiger partial charge in [0.05, 0.1) is 0 Å². The van der Waals surface area contributed by atoms with Crippen LogP contribution in [0, 0.1) is 11.8 Å². The molecule has 1 heteroatoms. The SMILES string of the molecule is CC(C)CCC1(CCC(C)C)c2cc(C(C)(C)C)ccc2-c2c(CBr)cc(C(C)(C)C)cc21. The Morgan fingerprint density at radius 1 is 0.727 bits per heavy atom. The summed E-state index contributed by atoms with van der Waals surface area (Å²) >= 11 is 3.87. The third-order valence-electron chi connectivity index (χ3n) is 7.71. The molecular formula is C32H47Br. The minimum Gasteiger partial charge on any atom is -0.0876 e. The van der Waals surface area contributed by atoms with Crippen molar-refractivity contribution in [2.24, 2.45) is 11.8 Å². The van der Waals surface area contributed by atoms with Gasteiger partial charge in [-0.15, -0.1) is 0 Å². The van der Waals surface area contributed by atoms with Crippen LogP contribution in [-0.2, 0) is 21.6 Å². The van der Waals surface area contributed by atoms with E-state index in [9.17, 15) is 0 Å². The van der Waals surface area contributed by atoms with Crippen molar-refractivity contribution in [2.75, 3.05) is 0 Å². The van der Waals surface area contributed by atoms with E-state index in [4.69, 9.17) is 0 Å². The second kappa shape index (κ2) is 9.52. The number of fused-ring (bicyclic) bond motifs is 3. The second-order valence-corrected chi connectivity index (χ2v) is 14.0. The van der Waals surface area contributed by atoms with E-state index in [0.717, 1.165) is 5.33 Å². The summed E-state index contributed by atoms with van der Waals surface area (Å²) in [6.07, 6.45) is 5.00. The summed E-state index contributed by atoms with van der Waals surface area (Å²) in [5, 5.41) is 0.907. The summed E-state index contributed by atoms with van der Waals surface area (Å²) in [6.45, 7) is 23.7. The smallest absolute Gasteiger partial charge is 0.0289 e. The Morgan fingerprint density at radius 2 is 1.24 bits per heavy atom. The highest BCUT2D eigenvalue weighted by Gasteiger charge is 2.44. The van der Waals surface area contributed by atoms with Crippen LogP contribution in [0.1, 0.15) is 123 Å². The normalized spacial score (nSPS) is 15.3. The first-order chi connectivity index (χ1) is 15.2. The van der Waals surface area contributed by atoms with Crippen LogP contribution in [0.3, 0.4) is 0 Å². The Kier molecular flexibility index (Phi) is 7.65. The Labute approximate surface area is 213 Å². The van der Waals surface area contributed by atoms with E-state index in [1.807, 2.05) is 0 Å². The number of alkyl halides is 1. The Hall–Kier alpha value is -1.08. The van der Waals surface area contributed by atoms with Crippen molar-refractivity contribution in [1.82, 2.24) is 0 Å². The summed E-state index contributed by atoms with van der Waals surface area (Å²) in [5.74, 6) is 1.42. The third kappa shape index (κ3) is 5.29. The fourth-order valence-electron chi connectivity index (χ4n) is 5.44. The molecule has 0 radical (unpaired) electrons. The maximum absolute atomic E-state index is 3.87. The molecule has 2 aromatic rings. The van der Waals surface area contributed by atoms with Crippen molar-refractivity contribution >= 4 is 15.9 Å². The van der Waals surface area contributed by atoms with E-state index >= 15 is 0 Å². The molecule has 0 heterocycles. The van der Waals surface area contributed by atoms with Crippen LogP contribution in [0.5, 0.6) is 0 Å². The largest absolute Gasteiger partial charge is 0.0876 e. The first kappa shape index (κ1) is 26.5. The fourth-order valence-corrected chi connectivity index (χ4v) is 5.88. The van der Waals surface area contributed by atoms with Gasteiger partial charge in [-0.25, -0.2) is 0 Å². The second-order valence-electron chi connectivity index (χ2n) is 13.4. The molecule has 0 nitrogen and oxygen atoms in total. The van der Waals surface area contributed by atoms with Crippen LogP contribution < -0.4 is 0 Å². The van der Waals surface area contributed by atoms with E-state index in [-0.39, 0.29) is 16.2 Å². The Morgan fingerprint density at radius 3 is 1.70 bits per heavy atom. The molecule has 0 atom stereocenters. The number of halogens is 1. The summed E-state index contributed by atoms with van der Waals surface area (Å²) in [6, 6.07) is 12.5. The molecule has 0 fully saturated rings. The maximum atomic E-state index is 3.87. The molecule has 0 amide bonds. The van der Waals surface area contributed by atoms with E-state index in [1.54, 1.807) is 11.1 Å². The minimum atomic E-state index is 0.110. The molecule has 0 saturated heterocycles. The van der Waals surface area contributed by atoms with Crippen LogP contribution in [-0.4, -0.2) is 0 Å². The lowest BCUT2D eigenvalue weighted by Crippen LogP contribution is -2.28. The van der Waals surface area contributed by atoms with Gasteiger partial charge in [0.25, 0.3) is 0 Å².